The van der Waals surface area contributed by atoms with E-state index >= 15 is 0 Å². The van der Waals surface area contributed by atoms with Gasteiger partial charge in [0.25, 0.3) is 11.8 Å². The minimum Gasteiger partial charge on any atom is -0.414 e. The fourth-order valence-electron chi connectivity index (χ4n) is 3.49. The second-order valence-corrected chi connectivity index (χ2v) is 11.3. The first-order chi connectivity index (χ1) is 14.7. The van der Waals surface area contributed by atoms with Crippen LogP contribution in [-0.2, 0) is 15.2 Å². The molecule has 0 aromatic carbocycles. The van der Waals surface area contributed by atoms with Crippen LogP contribution in [-0.4, -0.2) is 53.0 Å². The van der Waals surface area contributed by atoms with Crippen LogP contribution in [0.4, 0.5) is 0 Å². The standard InChI is InChI=1S/C19H18ClN7O2S2/c1-19(10-31(3,28)26(2)18(21)22-19)15-12(20)9-14(30-15)17-24-23-16(29-17)13-8-11-6-4-5-7-27(11)25-13/h4-9H,3,10H2,1-2H3,(H2,21,22)/t19-,31?/m0/s1. The second kappa shape index (κ2) is 6.81. The number of hydrogen-bond acceptors (Lipinski definition) is 8. The Hall–Kier alpha value is -2.89. The predicted octanol–water partition coefficient (Wildman–Crippen LogP) is 2.87. The van der Waals surface area contributed by atoms with Crippen molar-refractivity contribution in [2.24, 2.45) is 10.7 Å². The molecule has 1 aliphatic rings. The van der Waals surface area contributed by atoms with Crippen molar-refractivity contribution in [1.82, 2.24) is 24.1 Å². The number of guanidine groups is 1. The van der Waals surface area contributed by atoms with E-state index in [9.17, 15) is 4.21 Å². The Morgan fingerprint density at radius 2 is 2.10 bits per heavy atom. The van der Waals surface area contributed by atoms with Crippen LogP contribution < -0.4 is 5.73 Å². The van der Waals surface area contributed by atoms with Crippen molar-refractivity contribution >= 4 is 50.0 Å². The lowest BCUT2D eigenvalue weighted by Crippen LogP contribution is -2.50. The Balaban J connectivity index is 1.52. The third-order valence-electron chi connectivity index (χ3n) is 5.09. The van der Waals surface area contributed by atoms with Gasteiger partial charge < -0.3 is 10.2 Å². The van der Waals surface area contributed by atoms with E-state index in [2.05, 4.69) is 26.2 Å². The molecule has 0 bridgehead atoms. The first kappa shape index (κ1) is 20.0. The van der Waals surface area contributed by atoms with Crippen LogP contribution in [0.2, 0.25) is 5.02 Å². The lowest BCUT2D eigenvalue weighted by Gasteiger charge is -2.36. The van der Waals surface area contributed by atoms with E-state index in [0.717, 1.165) is 5.52 Å². The van der Waals surface area contributed by atoms with Crippen LogP contribution in [0, 0.1) is 0 Å². The largest absolute Gasteiger partial charge is 0.414 e. The maximum absolute atomic E-state index is 12.9. The molecule has 160 valence electrons. The molecule has 5 heterocycles. The second-order valence-electron chi connectivity index (χ2n) is 7.46. The van der Waals surface area contributed by atoms with E-state index < -0.39 is 15.2 Å². The van der Waals surface area contributed by atoms with Crippen molar-refractivity contribution in [2.75, 3.05) is 12.8 Å². The molecule has 12 heteroatoms. The lowest BCUT2D eigenvalue weighted by atomic mass is 10.0. The van der Waals surface area contributed by atoms with Gasteiger partial charge in [0.2, 0.25) is 5.96 Å². The average molecular weight is 476 g/mol. The molecule has 0 saturated carbocycles. The highest BCUT2D eigenvalue weighted by Gasteiger charge is 2.40. The van der Waals surface area contributed by atoms with E-state index in [1.807, 2.05) is 37.4 Å². The topological polar surface area (TPSA) is 115 Å². The molecule has 31 heavy (non-hydrogen) atoms. The zero-order valence-electron chi connectivity index (χ0n) is 16.6. The van der Waals surface area contributed by atoms with Gasteiger partial charge in [-0.1, -0.05) is 17.7 Å². The molecule has 2 atom stereocenters. The fourth-order valence-corrected chi connectivity index (χ4v) is 6.80. The molecule has 0 spiro atoms. The van der Waals surface area contributed by atoms with Gasteiger partial charge in [-0.3, -0.25) is 4.31 Å². The quantitative estimate of drug-likeness (QED) is 0.455. The summed E-state index contributed by atoms with van der Waals surface area (Å²) in [5.74, 6) is 4.80. The number of halogens is 1. The maximum atomic E-state index is 12.9. The zero-order chi connectivity index (χ0) is 22.0. The first-order valence-electron chi connectivity index (χ1n) is 9.19. The van der Waals surface area contributed by atoms with Crippen LogP contribution in [0.1, 0.15) is 11.8 Å². The van der Waals surface area contributed by atoms with Gasteiger partial charge in [-0.2, -0.15) is 5.10 Å². The monoisotopic (exact) mass is 475 g/mol. The SMILES string of the molecule is C=S1(=O)C[C@@](C)(c2sc(-c3nnc(-c4cc5ccccn5n4)o3)cc2Cl)N=C(N)N1C. The van der Waals surface area contributed by atoms with Crippen LogP contribution in [0.25, 0.3) is 27.9 Å². The van der Waals surface area contributed by atoms with Crippen molar-refractivity contribution < 1.29 is 8.63 Å². The Morgan fingerprint density at radius 1 is 1.32 bits per heavy atom. The van der Waals surface area contributed by atoms with Crippen molar-refractivity contribution in [3.8, 4) is 22.4 Å². The van der Waals surface area contributed by atoms with Gasteiger partial charge in [-0.15, -0.1) is 21.5 Å². The van der Waals surface area contributed by atoms with Crippen LogP contribution >= 0.6 is 22.9 Å². The zero-order valence-corrected chi connectivity index (χ0v) is 19.0. The normalized spacial score (nSPS) is 24.0. The molecular formula is C19H18ClN7O2S2. The minimum atomic E-state index is -2.62. The van der Waals surface area contributed by atoms with E-state index in [-0.39, 0.29) is 11.7 Å². The number of thiophene rings is 1. The molecule has 5 rings (SSSR count). The van der Waals surface area contributed by atoms with Gasteiger partial charge in [0.1, 0.15) is 5.54 Å². The van der Waals surface area contributed by atoms with Crippen LogP contribution in [0.15, 0.2) is 45.9 Å². The molecule has 0 saturated heterocycles. The van der Waals surface area contributed by atoms with Crippen molar-refractivity contribution in [3.63, 3.8) is 0 Å². The molecule has 1 aliphatic heterocycles. The summed E-state index contributed by atoms with van der Waals surface area (Å²) in [7, 11) is -1.00. The van der Waals surface area contributed by atoms with Gasteiger partial charge in [-0.05, 0) is 37.1 Å². The summed E-state index contributed by atoms with van der Waals surface area (Å²) in [4.78, 5) is 5.94. The van der Waals surface area contributed by atoms with E-state index in [4.69, 9.17) is 21.8 Å². The summed E-state index contributed by atoms with van der Waals surface area (Å²) in [6.07, 6.45) is 1.84. The third kappa shape index (κ3) is 3.29. The summed E-state index contributed by atoms with van der Waals surface area (Å²) < 4.78 is 21.9. The number of nitrogens with two attached hydrogens (primary N) is 1. The van der Waals surface area contributed by atoms with E-state index in [1.54, 1.807) is 17.6 Å². The molecule has 0 amide bonds. The number of aromatic nitrogens is 4. The van der Waals surface area contributed by atoms with Crippen molar-refractivity contribution in [2.45, 2.75) is 12.5 Å². The number of pyridine rings is 1. The summed E-state index contributed by atoms with van der Waals surface area (Å²) >= 11 is 7.89. The molecule has 1 unspecified atom stereocenters. The minimum absolute atomic E-state index is 0.159. The van der Waals surface area contributed by atoms with Gasteiger partial charge in [0.15, 0.2) is 5.69 Å². The lowest BCUT2D eigenvalue weighted by molar-refractivity contribution is 0.522. The summed E-state index contributed by atoms with van der Waals surface area (Å²) in [5, 5.41) is 13.2. The highest BCUT2D eigenvalue weighted by molar-refractivity contribution is 7.98. The molecule has 2 N–H and O–H groups in total. The Morgan fingerprint density at radius 3 is 2.84 bits per heavy atom. The summed E-state index contributed by atoms with van der Waals surface area (Å²) in [6.45, 7) is 1.84. The number of fused-ring (bicyclic) bond motifs is 1. The Labute approximate surface area is 187 Å². The highest BCUT2D eigenvalue weighted by Crippen LogP contribution is 2.44. The smallest absolute Gasteiger partial charge is 0.268 e. The van der Waals surface area contributed by atoms with Gasteiger partial charge in [-0.25, -0.2) is 13.7 Å². The van der Waals surface area contributed by atoms with Crippen LogP contribution in [0.5, 0.6) is 0 Å². The number of nitrogens with zero attached hydrogens (tertiary/aromatic N) is 6. The maximum Gasteiger partial charge on any atom is 0.268 e. The molecule has 4 aromatic rings. The number of aliphatic imine (C=N–C) groups is 1. The Bertz CT molecular complexity index is 1420. The predicted molar refractivity (Wildman–Crippen MR) is 124 cm³/mol. The van der Waals surface area contributed by atoms with Gasteiger partial charge >= 0.3 is 0 Å². The number of rotatable bonds is 3. The van der Waals surface area contributed by atoms with Gasteiger partial charge in [0, 0.05) is 13.2 Å². The Kier molecular flexibility index (Phi) is 4.40. The fraction of sp³-hybridized carbons (Fsp3) is 0.211. The third-order valence-corrected chi connectivity index (χ3v) is 9.08. The molecule has 9 nitrogen and oxygen atoms in total. The molecule has 0 radical (unpaired) electrons. The van der Waals surface area contributed by atoms with E-state index in [1.165, 1.54) is 15.6 Å². The molecule has 0 fully saturated rings. The highest BCUT2D eigenvalue weighted by atomic mass is 35.5. The first-order valence-corrected chi connectivity index (χ1v) is 12.2. The average Bonchev–Trinajstić information content (AvgIpc) is 3.42. The van der Waals surface area contributed by atoms with Crippen LogP contribution in [0.3, 0.4) is 0 Å². The molecule has 4 aromatic heterocycles. The van der Waals surface area contributed by atoms with Gasteiger partial charge in [0.05, 0.1) is 35.8 Å². The van der Waals surface area contributed by atoms with Crippen molar-refractivity contribution in [3.05, 3.63) is 46.4 Å². The summed E-state index contributed by atoms with van der Waals surface area (Å²) in [5.41, 5.74) is 6.62. The molecular weight excluding hydrogens is 458 g/mol. The van der Waals surface area contributed by atoms with Crippen molar-refractivity contribution in [1.29, 1.82) is 0 Å². The van der Waals surface area contributed by atoms with E-state index in [0.29, 0.717) is 32.3 Å². The molecule has 0 aliphatic carbocycles. The summed E-state index contributed by atoms with van der Waals surface area (Å²) in [6, 6.07) is 9.36. The number of hydrogen-bond donors (Lipinski definition) is 1.